The molecule has 0 bridgehead atoms. The van der Waals surface area contributed by atoms with Gasteiger partial charge in [-0.25, -0.2) is 9.97 Å². The molecule has 0 spiro atoms. The molecule has 0 saturated carbocycles. The normalized spacial score (nSPS) is 9.21. The van der Waals surface area contributed by atoms with E-state index in [1.54, 1.807) is 18.2 Å². The number of hydrogen-bond donors (Lipinski definition) is 3. The van der Waals surface area contributed by atoms with E-state index in [1.165, 1.54) is 22.7 Å². The fraction of sp³-hybridized carbons (Fsp3) is 0. The number of nitrogen functional groups attached to an aromatic ring is 3. The predicted molar refractivity (Wildman–Crippen MR) is 189 cm³/mol. The minimum atomic E-state index is 0. The third kappa shape index (κ3) is 13.7. The van der Waals surface area contributed by atoms with Crippen molar-refractivity contribution in [2.45, 2.75) is 0 Å². The number of nitrogens with two attached hydrogens (primary N) is 3. The van der Waals surface area contributed by atoms with Gasteiger partial charge in [0.25, 0.3) is 0 Å². The first-order valence-corrected chi connectivity index (χ1v) is 18.5. The molecular weight excluding hydrogens is 977 g/mol. The molecule has 5 aromatic rings. The van der Waals surface area contributed by atoms with E-state index in [1.807, 2.05) is 24.3 Å². The van der Waals surface area contributed by atoms with Crippen LogP contribution in [-0.2, 0) is 12.8 Å². The minimum Gasteiger partial charge on any atom is -0.422 e. The quantitative estimate of drug-likeness (QED) is 0.0624. The van der Waals surface area contributed by atoms with Crippen LogP contribution in [0.2, 0.25) is 15.1 Å². The number of anilines is 3. The summed E-state index contributed by atoms with van der Waals surface area (Å²) >= 11 is 39.5. The maximum absolute atomic E-state index is 6.01. The van der Waals surface area contributed by atoms with Crippen LogP contribution < -0.4 is 68.6 Å². The maximum Gasteiger partial charge on any atom is 1.00 e. The first-order valence-electron chi connectivity index (χ1n) is 9.31. The van der Waals surface area contributed by atoms with Gasteiger partial charge in [0.1, 0.15) is 0 Å². The molecule has 0 saturated heterocycles. The molecule has 0 aliphatic rings. The van der Waals surface area contributed by atoms with Crippen molar-refractivity contribution in [1.82, 2.24) is 9.97 Å². The van der Waals surface area contributed by atoms with Gasteiger partial charge >= 0.3 is 51.4 Å². The summed E-state index contributed by atoms with van der Waals surface area (Å²) in [6, 6.07) is 12.8. The molecular formula is C21H13Br5Cl3KN6S3. The molecule has 202 valence electrons. The Kier molecular flexibility index (Phi) is 22.0. The van der Waals surface area contributed by atoms with Crippen LogP contribution >= 0.6 is 134 Å². The smallest absolute Gasteiger partial charge is 0.422 e. The van der Waals surface area contributed by atoms with Crippen LogP contribution in [0.25, 0.3) is 24.7 Å². The van der Waals surface area contributed by atoms with Gasteiger partial charge in [0.05, 0.1) is 35.5 Å². The molecule has 2 aromatic heterocycles. The Balaban J connectivity index is 0.000000511. The number of hydrogen-bond acceptors (Lipinski definition) is 8. The van der Waals surface area contributed by atoms with E-state index in [0.29, 0.717) is 31.0 Å². The van der Waals surface area contributed by atoms with Crippen molar-refractivity contribution in [3.05, 3.63) is 81.8 Å². The first-order chi connectivity index (χ1) is 18.0. The van der Waals surface area contributed by atoms with Crippen molar-refractivity contribution >= 4 is 183 Å². The van der Waals surface area contributed by atoms with Crippen LogP contribution in [0.5, 0.6) is 0 Å². The molecule has 0 atom stereocenters. The van der Waals surface area contributed by atoms with Gasteiger partial charge < -0.3 is 34.3 Å². The molecule has 0 radical (unpaired) electrons. The van der Waals surface area contributed by atoms with Crippen molar-refractivity contribution in [3.8, 4) is 0 Å². The number of nitrogens with zero attached hydrogens (tertiary/aromatic N) is 3. The molecule has 0 unspecified atom stereocenters. The second-order valence-electron chi connectivity index (χ2n) is 6.31. The SMILES string of the molecule is BrBr.Nc1ccc(Br)c(Cl)c1.Nc1nc2cc(Cl)c(Br)cc2s1.Nc1nc2ccc(Br)c(Cl)c2s1.[C-]#[N+][S-].[K+]. The summed E-state index contributed by atoms with van der Waals surface area (Å²) in [6.07, 6.45) is 0. The van der Waals surface area contributed by atoms with Gasteiger partial charge in [-0.3, -0.25) is 6.57 Å². The van der Waals surface area contributed by atoms with Crippen LogP contribution in [0.1, 0.15) is 0 Å². The Morgan fingerprint density at radius 1 is 0.769 bits per heavy atom. The van der Waals surface area contributed by atoms with E-state index in [0.717, 1.165) is 33.9 Å². The minimum absolute atomic E-state index is 0. The summed E-state index contributed by atoms with van der Waals surface area (Å²) < 4.78 is 6.94. The van der Waals surface area contributed by atoms with Gasteiger partial charge in [0.2, 0.25) is 0 Å². The van der Waals surface area contributed by atoms with Gasteiger partial charge in [-0.1, -0.05) is 57.5 Å². The Bertz CT molecular complexity index is 1510. The van der Waals surface area contributed by atoms with Crippen molar-refractivity contribution in [2.24, 2.45) is 0 Å². The average molecular weight is 991 g/mol. The van der Waals surface area contributed by atoms with Crippen LogP contribution in [0.15, 0.2) is 55.9 Å². The topological polar surface area (TPSA) is 108 Å². The first kappa shape index (κ1) is 40.5. The van der Waals surface area contributed by atoms with Gasteiger partial charge in [0, 0.05) is 47.4 Å². The summed E-state index contributed by atoms with van der Waals surface area (Å²) in [5.74, 6) is 0. The third-order valence-corrected chi connectivity index (χ3v) is 9.45. The predicted octanol–water partition coefficient (Wildman–Crippen LogP) is 8.34. The Hall–Kier alpha value is 1.46. The number of fused-ring (bicyclic) bond motifs is 2. The molecule has 5 rings (SSSR count). The molecule has 6 N–H and O–H groups in total. The zero-order valence-electron chi connectivity index (χ0n) is 19.4. The maximum atomic E-state index is 6.01. The zero-order valence-corrected chi connectivity index (χ0v) is 35.1. The Labute approximate surface area is 337 Å². The monoisotopic (exact) mass is 983 g/mol. The fourth-order valence-corrected chi connectivity index (χ4v) is 5.76. The van der Waals surface area contributed by atoms with Crippen LogP contribution in [0.3, 0.4) is 0 Å². The van der Waals surface area contributed by atoms with Gasteiger partial charge in [-0.2, -0.15) is 0 Å². The summed E-state index contributed by atoms with van der Waals surface area (Å²) in [7, 11) is 0. The molecule has 39 heavy (non-hydrogen) atoms. The summed E-state index contributed by atoms with van der Waals surface area (Å²) in [6.45, 7) is 5.65. The number of thiazole rings is 2. The number of benzene rings is 3. The molecule has 0 aliphatic heterocycles. The van der Waals surface area contributed by atoms with Crippen molar-refractivity contribution in [2.75, 3.05) is 17.2 Å². The zero-order chi connectivity index (χ0) is 29.0. The molecule has 18 heteroatoms. The number of rotatable bonds is 0. The van der Waals surface area contributed by atoms with E-state index >= 15 is 0 Å². The van der Waals surface area contributed by atoms with E-state index in [9.17, 15) is 0 Å². The van der Waals surface area contributed by atoms with Gasteiger partial charge in [-0.05, 0) is 90.3 Å². The van der Waals surface area contributed by atoms with E-state index < -0.39 is 0 Å². The number of aromatic nitrogens is 2. The van der Waals surface area contributed by atoms with E-state index in [-0.39, 0.29) is 51.4 Å². The Morgan fingerprint density at radius 2 is 1.28 bits per heavy atom. The van der Waals surface area contributed by atoms with Gasteiger partial charge in [-0.15, -0.1) is 0 Å². The second kappa shape index (κ2) is 21.2. The summed E-state index contributed by atoms with van der Waals surface area (Å²) in [5, 5.41) is 3.11. The molecule has 0 amide bonds. The molecule has 2 heterocycles. The largest absolute Gasteiger partial charge is 1.00 e. The molecule has 6 nitrogen and oxygen atoms in total. The molecule has 0 aliphatic carbocycles. The third-order valence-electron chi connectivity index (χ3n) is 3.86. The van der Waals surface area contributed by atoms with Crippen molar-refractivity contribution in [3.63, 3.8) is 0 Å². The second-order valence-corrected chi connectivity index (χ2v) is 12.3. The average Bonchev–Trinajstić information content (AvgIpc) is 3.43. The van der Waals surface area contributed by atoms with Crippen molar-refractivity contribution < 1.29 is 51.4 Å². The van der Waals surface area contributed by atoms with Crippen LogP contribution in [-0.4, -0.2) is 9.97 Å². The Morgan fingerprint density at radius 3 is 1.85 bits per heavy atom. The van der Waals surface area contributed by atoms with E-state index in [4.69, 9.17) is 58.6 Å². The van der Waals surface area contributed by atoms with Crippen LogP contribution in [0.4, 0.5) is 16.0 Å². The summed E-state index contributed by atoms with van der Waals surface area (Å²) in [4.78, 5) is 8.21. The van der Waals surface area contributed by atoms with Crippen molar-refractivity contribution in [1.29, 1.82) is 0 Å². The van der Waals surface area contributed by atoms with Crippen LogP contribution in [0, 0.1) is 6.57 Å². The molecule has 3 aromatic carbocycles. The molecule has 0 fully saturated rings. The van der Waals surface area contributed by atoms with E-state index in [2.05, 4.69) is 103 Å². The standard InChI is InChI=1S/2C7H4BrClN2S.C6H5BrClN.CNS.Br2.K/c8-3-1-6-5(2-4(3)9)11-7(10)12-6;8-3-1-2-4-6(5(3)9)12-7(10)11-4;7-5-2-1-4(9)3-6(5)8;1-2-3;1-2;/h2*1-2H,(H2,10,11);1-3H,9H2;;;/q;;;-1;;+1. The van der Waals surface area contributed by atoms with Gasteiger partial charge in [0.15, 0.2) is 10.3 Å². The summed E-state index contributed by atoms with van der Waals surface area (Å²) in [5.41, 5.74) is 18.9. The number of halogens is 8. The fourth-order valence-electron chi connectivity index (χ4n) is 2.41.